The lowest BCUT2D eigenvalue weighted by atomic mass is 10.1. The van der Waals surface area contributed by atoms with Gasteiger partial charge in [0.1, 0.15) is 0 Å². The molecule has 1 fully saturated rings. The number of nitrogens with zero attached hydrogens (tertiary/aromatic N) is 3. The van der Waals surface area contributed by atoms with Crippen molar-refractivity contribution >= 4 is 55.5 Å². The van der Waals surface area contributed by atoms with E-state index in [2.05, 4.69) is 19.9 Å². The van der Waals surface area contributed by atoms with E-state index in [4.69, 9.17) is 16.6 Å². The molecule has 1 aliphatic rings. The molecule has 3 aromatic carbocycles. The van der Waals surface area contributed by atoms with E-state index in [-0.39, 0.29) is 10.8 Å². The Labute approximate surface area is 243 Å². The molecule has 0 spiro atoms. The van der Waals surface area contributed by atoms with Crippen molar-refractivity contribution in [2.45, 2.75) is 17.7 Å². The molecule has 1 aliphatic heterocycles. The largest absolute Gasteiger partial charge is 0.370 e. The van der Waals surface area contributed by atoms with Crippen molar-refractivity contribution in [1.82, 2.24) is 9.97 Å². The molecule has 3 heterocycles. The van der Waals surface area contributed by atoms with Crippen LogP contribution in [0, 0.1) is 0 Å². The van der Waals surface area contributed by atoms with Crippen LogP contribution in [0.3, 0.4) is 0 Å². The van der Waals surface area contributed by atoms with Gasteiger partial charge in [0.2, 0.25) is 0 Å². The maximum absolute atomic E-state index is 13.9. The maximum Gasteiger partial charge on any atom is 0.261 e. The Morgan fingerprint density at radius 1 is 0.854 bits per heavy atom. The van der Waals surface area contributed by atoms with Crippen molar-refractivity contribution in [2.24, 2.45) is 0 Å². The molecular formula is C31H26ClN5O3S. The summed E-state index contributed by atoms with van der Waals surface area (Å²) in [5.41, 5.74) is 3.85. The van der Waals surface area contributed by atoms with Crippen LogP contribution in [-0.4, -0.2) is 37.4 Å². The molecule has 2 N–H and O–H groups in total. The van der Waals surface area contributed by atoms with E-state index < -0.39 is 10.0 Å². The van der Waals surface area contributed by atoms with Crippen LogP contribution in [0.25, 0.3) is 22.3 Å². The average molecular weight is 584 g/mol. The van der Waals surface area contributed by atoms with Crippen molar-refractivity contribution in [3.05, 3.63) is 108 Å². The standard InChI is InChI=1S/C31H26ClN5O3S/c32-21-10-12-22(13-11-21)36-41(39,40)23-14-15-30(37-17-5-6-18-37)29(19-23)35-31(38)25-20-28(27-9-3-4-16-33-27)34-26-8-2-1-7-24(25)26/h1-4,7-16,19-20,36H,5-6,17-18H2,(H,35,38). The number of rotatable bonds is 7. The molecule has 0 saturated carbocycles. The normalized spacial score (nSPS) is 13.3. The Morgan fingerprint density at radius 2 is 1.61 bits per heavy atom. The van der Waals surface area contributed by atoms with E-state index in [0.29, 0.717) is 44.3 Å². The molecule has 10 heteroatoms. The number of sulfonamides is 1. The summed E-state index contributed by atoms with van der Waals surface area (Å²) in [6.45, 7) is 1.64. The second-order valence-corrected chi connectivity index (χ2v) is 11.8. The summed E-state index contributed by atoms with van der Waals surface area (Å²) in [4.78, 5) is 25.2. The van der Waals surface area contributed by atoms with E-state index in [9.17, 15) is 13.2 Å². The number of hydrogen-bond donors (Lipinski definition) is 2. The smallest absolute Gasteiger partial charge is 0.261 e. The fraction of sp³-hybridized carbons (Fsp3) is 0.129. The second-order valence-electron chi connectivity index (χ2n) is 9.73. The van der Waals surface area contributed by atoms with Gasteiger partial charge in [-0.1, -0.05) is 35.9 Å². The second kappa shape index (κ2) is 11.2. The first-order chi connectivity index (χ1) is 19.9. The Kier molecular flexibility index (Phi) is 7.30. The first-order valence-corrected chi connectivity index (χ1v) is 15.0. The van der Waals surface area contributed by atoms with Crippen LogP contribution in [-0.2, 0) is 10.0 Å². The van der Waals surface area contributed by atoms with Crippen LogP contribution in [0.15, 0.2) is 102 Å². The first-order valence-electron chi connectivity index (χ1n) is 13.2. The summed E-state index contributed by atoms with van der Waals surface area (Å²) in [5, 5.41) is 4.20. The third-order valence-electron chi connectivity index (χ3n) is 6.96. The number of halogens is 1. The number of aromatic nitrogens is 2. The van der Waals surface area contributed by atoms with Gasteiger partial charge in [-0.05, 0) is 79.6 Å². The summed E-state index contributed by atoms with van der Waals surface area (Å²) in [5.74, 6) is -0.374. The number of carbonyl (C=O) groups excluding carboxylic acids is 1. The van der Waals surface area contributed by atoms with Crippen LogP contribution < -0.4 is 14.9 Å². The number of pyridine rings is 2. The van der Waals surface area contributed by atoms with E-state index in [1.54, 1.807) is 48.7 Å². The molecule has 5 aromatic rings. The van der Waals surface area contributed by atoms with Crippen LogP contribution in [0.4, 0.5) is 17.1 Å². The molecule has 41 heavy (non-hydrogen) atoms. The Bertz CT molecular complexity index is 1840. The highest BCUT2D eigenvalue weighted by Gasteiger charge is 2.23. The predicted octanol–water partition coefficient (Wildman–Crippen LogP) is 6.60. The van der Waals surface area contributed by atoms with E-state index >= 15 is 0 Å². The number of para-hydroxylation sites is 1. The third-order valence-corrected chi connectivity index (χ3v) is 8.59. The van der Waals surface area contributed by atoms with E-state index in [1.165, 1.54) is 6.07 Å². The lowest BCUT2D eigenvalue weighted by molar-refractivity contribution is 0.102. The molecule has 1 amide bonds. The highest BCUT2D eigenvalue weighted by atomic mass is 35.5. The van der Waals surface area contributed by atoms with Crippen molar-refractivity contribution in [3.8, 4) is 11.4 Å². The van der Waals surface area contributed by atoms with Crippen LogP contribution >= 0.6 is 11.6 Å². The maximum atomic E-state index is 13.9. The summed E-state index contributed by atoms with van der Waals surface area (Å²) in [7, 11) is -3.95. The fourth-order valence-electron chi connectivity index (χ4n) is 4.95. The number of benzene rings is 3. The number of carbonyl (C=O) groups is 1. The quantitative estimate of drug-likeness (QED) is 0.224. The highest BCUT2D eigenvalue weighted by molar-refractivity contribution is 7.92. The number of amides is 1. The summed E-state index contributed by atoms with van der Waals surface area (Å²) >= 11 is 5.95. The summed E-state index contributed by atoms with van der Waals surface area (Å²) in [6, 6.07) is 25.9. The summed E-state index contributed by atoms with van der Waals surface area (Å²) in [6.07, 6.45) is 3.72. The van der Waals surface area contributed by atoms with Crippen molar-refractivity contribution in [3.63, 3.8) is 0 Å². The third kappa shape index (κ3) is 5.73. The van der Waals surface area contributed by atoms with Gasteiger partial charge in [-0.2, -0.15) is 0 Å². The van der Waals surface area contributed by atoms with Crippen molar-refractivity contribution in [1.29, 1.82) is 0 Å². The minimum Gasteiger partial charge on any atom is -0.370 e. The van der Waals surface area contributed by atoms with Gasteiger partial charge in [0.05, 0.1) is 38.7 Å². The van der Waals surface area contributed by atoms with Gasteiger partial charge in [0.25, 0.3) is 15.9 Å². The highest BCUT2D eigenvalue weighted by Crippen LogP contribution is 2.33. The molecule has 206 valence electrons. The Balaban J connectivity index is 1.39. The van der Waals surface area contributed by atoms with Crippen LogP contribution in [0.1, 0.15) is 23.2 Å². The minimum absolute atomic E-state index is 0.0273. The number of fused-ring (bicyclic) bond motifs is 1. The topological polar surface area (TPSA) is 104 Å². The van der Waals surface area contributed by atoms with E-state index in [1.807, 2.05) is 42.5 Å². The summed E-state index contributed by atoms with van der Waals surface area (Å²) < 4.78 is 29.2. The molecule has 0 atom stereocenters. The average Bonchev–Trinajstić information content (AvgIpc) is 3.53. The number of anilines is 3. The van der Waals surface area contributed by atoms with Gasteiger partial charge in [0, 0.05) is 35.4 Å². The zero-order valence-electron chi connectivity index (χ0n) is 21.9. The van der Waals surface area contributed by atoms with Gasteiger partial charge in [-0.25, -0.2) is 13.4 Å². The van der Waals surface area contributed by atoms with Crippen molar-refractivity contribution < 1.29 is 13.2 Å². The monoisotopic (exact) mass is 583 g/mol. The number of hydrogen-bond acceptors (Lipinski definition) is 6. The molecule has 2 aromatic heterocycles. The fourth-order valence-corrected chi connectivity index (χ4v) is 6.16. The van der Waals surface area contributed by atoms with Crippen molar-refractivity contribution in [2.75, 3.05) is 28.0 Å². The molecule has 0 bridgehead atoms. The van der Waals surface area contributed by atoms with Gasteiger partial charge in [-0.3, -0.25) is 14.5 Å². The Morgan fingerprint density at radius 3 is 2.37 bits per heavy atom. The van der Waals surface area contributed by atoms with Gasteiger partial charge < -0.3 is 10.2 Å². The van der Waals surface area contributed by atoms with Gasteiger partial charge in [-0.15, -0.1) is 0 Å². The predicted molar refractivity (Wildman–Crippen MR) is 163 cm³/mol. The molecule has 8 nitrogen and oxygen atoms in total. The van der Waals surface area contributed by atoms with Crippen LogP contribution in [0.2, 0.25) is 5.02 Å². The molecule has 1 saturated heterocycles. The molecule has 6 rings (SSSR count). The zero-order valence-corrected chi connectivity index (χ0v) is 23.5. The zero-order chi connectivity index (χ0) is 28.4. The molecular weight excluding hydrogens is 558 g/mol. The number of nitrogens with one attached hydrogen (secondary N) is 2. The molecule has 0 unspecified atom stereocenters. The lowest BCUT2D eigenvalue weighted by Crippen LogP contribution is -2.22. The first kappa shape index (κ1) is 26.7. The SMILES string of the molecule is O=C(Nc1cc(S(=O)(=O)Nc2ccc(Cl)cc2)ccc1N1CCCC1)c1cc(-c2ccccn2)nc2ccccc12. The molecule has 0 aliphatic carbocycles. The van der Waals surface area contributed by atoms with E-state index in [0.717, 1.165) is 31.6 Å². The van der Waals surface area contributed by atoms with Gasteiger partial charge >= 0.3 is 0 Å². The van der Waals surface area contributed by atoms with Gasteiger partial charge in [0.15, 0.2) is 0 Å². The molecule has 0 radical (unpaired) electrons. The lowest BCUT2D eigenvalue weighted by Gasteiger charge is -2.23. The minimum atomic E-state index is -3.95. The Hall–Kier alpha value is -4.47. The van der Waals surface area contributed by atoms with Crippen LogP contribution in [0.5, 0.6) is 0 Å².